The van der Waals surface area contributed by atoms with Crippen molar-refractivity contribution in [2.45, 2.75) is 43.6 Å². The molecule has 2 rings (SSSR count). The number of amides is 1. The van der Waals surface area contributed by atoms with Crippen LogP contribution in [0.1, 0.15) is 19.3 Å². The van der Waals surface area contributed by atoms with Gasteiger partial charge in [-0.2, -0.15) is 0 Å². The first-order valence-electron chi connectivity index (χ1n) is 6.09. The summed E-state index contributed by atoms with van der Waals surface area (Å²) in [5, 5.41) is 18.5. The van der Waals surface area contributed by atoms with Crippen molar-refractivity contribution in [2.24, 2.45) is 5.73 Å². The number of hydrogen-bond donors (Lipinski definition) is 3. The van der Waals surface area contributed by atoms with Crippen LogP contribution < -0.4 is 5.73 Å². The Balaban J connectivity index is 2.02. The lowest BCUT2D eigenvalue weighted by Crippen LogP contribution is -2.45. The number of aliphatic hydroxyl groups is 1. The van der Waals surface area contributed by atoms with E-state index in [9.17, 15) is 14.7 Å². The van der Waals surface area contributed by atoms with Gasteiger partial charge in [-0.25, -0.2) is 4.79 Å². The molecular weight excluding hydrogens is 240 g/mol. The number of aliphatic carboxylic acids is 1. The van der Waals surface area contributed by atoms with Gasteiger partial charge in [0.05, 0.1) is 12.2 Å². The minimum Gasteiger partial charge on any atom is -0.480 e. The van der Waals surface area contributed by atoms with Crippen molar-refractivity contribution >= 4 is 11.9 Å². The third-order valence-corrected chi connectivity index (χ3v) is 3.49. The van der Waals surface area contributed by atoms with E-state index in [0.717, 1.165) is 0 Å². The van der Waals surface area contributed by atoms with E-state index in [1.807, 2.05) is 0 Å². The topological polar surface area (TPSA) is 113 Å². The van der Waals surface area contributed by atoms with E-state index in [1.165, 1.54) is 4.90 Å². The predicted octanol–water partition coefficient (Wildman–Crippen LogP) is -1.46. The molecule has 0 saturated carbocycles. The highest BCUT2D eigenvalue weighted by Gasteiger charge is 2.43. The molecule has 7 nitrogen and oxygen atoms in total. The quantitative estimate of drug-likeness (QED) is 0.570. The minimum absolute atomic E-state index is 0.0585. The summed E-state index contributed by atoms with van der Waals surface area (Å²) < 4.78 is 5.46. The molecule has 0 aliphatic carbocycles. The first-order valence-corrected chi connectivity index (χ1v) is 6.09. The van der Waals surface area contributed by atoms with Crippen molar-refractivity contribution in [3.05, 3.63) is 0 Å². The fourth-order valence-corrected chi connectivity index (χ4v) is 2.54. The Bertz CT molecular complexity index is 348. The van der Waals surface area contributed by atoms with Gasteiger partial charge in [0, 0.05) is 19.5 Å². The van der Waals surface area contributed by atoms with Crippen LogP contribution in [-0.4, -0.2) is 64.4 Å². The van der Waals surface area contributed by atoms with Gasteiger partial charge >= 0.3 is 5.97 Å². The van der Waals surface area contributed by atoms with Gasteiger partial charge in [0.25, 0.3) is 5.91 Å². The number of carboxylic acids is 1. The number of nitrogens with two attached hydrogens (primary N) is 1. The van der Waals surface area contributed by atoms with Crippen molar-refractivity contribution in [2.75, 3.05) is 13.1 Å². The Labute approximate surface area is 105 Å². The van der Waals surface area contributed by atoms with Crippen LogP contribution in [0.4, 0.5) is 0 Å². The highest BCUT2D eigenvalue weighted by molar-refractivity contribution is 5.87. The maximum atomic E-state index is 12.2. The number of likely N-dealkylation sites (tertiary alicyclic amines) is 1. The average molecular weight is 258 g/mol. The van der Waals surface area contributed by atoms with Crippen LogP contribution in [0.15, 0.2) is 0 Å². The van der Waals surface area contributed by atoms with Gasteiger partial charge in [-0.1, -0.05) is 0 Å². The zero-order valence-corrected chi connectivity index (χ0v) is 9.99. The van der Waals surface area contributed by atoms with Crippen LogP contribution in [0.2, 0.25) is 0 Å². The summed E-state index contributed by atoms with van der Waals surface area (Å²) in [7, 11) is 0. The summed E-state index contributed by atoms with van der Waals surface area (Å²) in [4.78, 5) is 24.4. The summed E-state index contributed by atoms with van der Waals surface area (Å²) in [5.74, 6) is -1.44. The second-order valence-electron chi connectivity index (χ2n) is 4.79. The van der Waals surface area contributed by atoms with Gasteiger partial charge in [0.15, 0.2) is 0 Å². The number of carbonyl (C=O) groups excluding carboxylic acids is 1. The summed E-state index contributed by atoms with van der Waals surface area (Å²) in [6, 6.07) is -0.951. The second kappa shape index (κ2) is 5.21. The number of rotatable bonds is 3. The third kappa shape index (κ3) is 2.47. The molecule has 2 saturated heterocycles. The van der Waals surface area contributed by atoms with Gasteiger partial charge < -0.3 is 25.6 Å². The van der Waals surface area contributed by atoms with Crippen LogP contribution in [0.5, 0.6) is 0 Å². The molecule has 0 bridgehead atoms. The lowest BCUT2D eigenvalue weighted by Gasteiger charge is -2.24. The predicted molar refractivity (Wildman–Crippen MR) is 60.7 cm³/mol. The molecule has 18 heavy (non-hydrogen) atoms. The minimum atomic E-state index is -1.09. The number of hydrogen-bond acceptors (Lipinski definition) is 5. The molecular formula is C11H18N2O5. The van der Waals surface area contributed by atoms with Crippen LogP contribution in [0.3, 0.4) is 0 Å². The number of nitrogens with zero attached hydrogens (tertiary/aromatic N) is 1. The maximum Gasteiger partial charge on any atom is 0.326 e. The monoisotopic (exact) mass is 258 g/mol. The molecule has 2 fully saturated rings. The van der Waals surface area contributed by atoms with Crippen molar-refractivity contribution in [1.29, 1.82) is 0 Å². The van der Waals surface area contributed by atoms with Gasteiger partial charge in [-0.05, 0) is 12.8 Å². The highest BCUT2D eigenvalue weighted by Crippen LogP contribution is 2.25. The zero-order chi connectivity index (χ0) is 13.3. The van der Waals surface area contributed by atoms with E-state index in [0.29, 0.717) is 19.4 Å². The largest absolute Gasteiger partial charge is 0.480 e. The van der Waals surface area contributed by atoms with E-state index in [4.69, 9.17) is 15.6 Å². The van der Waals surface area contributed by atoms with Gasteiger partial charge in [0.2, 0.25) is 0 Å². The zero-order valence-electron chi connectivity index (χ0n) is 9.99. The smallest absolute Gasteiger partial charge is 0.326 e. The highest BCUT2D eigenvalue weighted by atomic mass is 16.5. The normalized spacial score (nSPS) is 36.0. The Morgan fingerprint density at radius 1 is 1.39 bits per heavy atom. The molecule has 7 heteroatoms. The molecule has 0 aromatic heterocycles. The van der Waals surface area contributed by atoms with Gasteiger partial charge in [-0.15, -0.1) is 0 Å². The number of aliphatic hydroxyl groups excluding tert-OH is 1. The summed E-state index contributed by atoms with van der Waals surface area (Å²) in [6.45, 7) is 0.414. The number of carbonyl (C=O) groups is 2. The number of carboxylic acid groups (broad SMARTS) is 1. The molecule has 2 aliphatic heterocycles. The molecule has 4 atom stereocenters. The SMILES string of the molecule is NCC1CCC(C(=O)N2C[C@@H](O)C[C@H]2C(=O)O)O1. The van der Waals surface area contributed by atoms with Crippen LogP contribution in [0, 0.1) is 0 Å². The summed E-state index contributed by atoms with van der Waals surface area (Å²) >= 11 is 0. The van der Waals surface area contributed by atoms with E-state index in [-0.39, 0.29) is 25.0 Å². The van der Waals surface area contributed by atoms with Crippen molar-refractivity contribution in [1.82, 2.24) is 4.90 Å². The molecule has 2 aliphatic rings. The van der Waals surface area contributed by atoms with E-state index in [2.05, 4.69) is 0 Å². The Morgan fingerprint density at radius 2 is 2.11 bits per heavy atom. The second-order valence-corrected chi connectivity index (χ2v) is 4.79. The van der Waals surface area contributed by atoms with Crippen LogP contribution in [-0.2, 0) is 14.3 Å². The first-order chi connectivity index (χ1) is 8.52. The third-order valence-electron chi connectivity index (χ3n) is 3.49. The van der Waals surface area contributed by atoms with E-state index >= 15 is 0 Å². The molecule has 4 N–H and O–H groups in total. The maximum absolute atomic E-state index is 12.2. The van der Waals surface area contributed by atoms with Crippen molar-refractivity contribution in [3.8, 4) is 0 Å². The molecule has 0 aromatic rings. The number of β-amino-alcohol motifs (C(OH)–C–C–N with tert-alkyl or cyclic N) is 1. The lowest BCUT2D eigenvalue weighted by atomic mass is 10.1. The van der Waals surface area contributed by atoms with Gasteiger partial charge in [0.1, 0.15) is 12.1 Å². The Hall–Kier alpha value is -1.18. The fourth-order valence-electron chi connectivity index (χ4n) is 2.54. The first kappa shape index (κ1) is 13.3. The number of ether oxygens (including phenoxy) is 1. The fraction of sp³-hybridized carbons (Fsp3) is 0.818. The average Bonchev–Trinajstić information content (AvgIpc) is 2.94. The summed E-state index contributed by atoms with van der Waals surface area (Å²) in [6.07, 6.45) is -0.184. The van der Waals surface area contributed by atoms with Crippen LogP contribution >= 0.6 is 0 Å². The van der Waals surface area contributed by atoms with E-state index in [1.54, 1.807) is 0 Å². The molecule has 0 radical (unpaired) electrons. The Kier molecular flexibility index (Phi) is 3.84. The van der Waals surface area contributed by atoms with Crippen molar-refractivity contribution in [3.63, 3.8) is 0 Å². The summed E-state index contributed by atoms with van der Waals surface area (Å²) in [5.41, 5.74) is 5.46. The lowest BCUT2D eigenvalue weighted by molar-refractivity contribution is -0.153. The van der Waals surface area contributed by atoms with Gasteiger partial charge in [-0.3, -0.25) is 4.79 Å². The molecule has 2 heterocycles. The van der Waals surface area contributed by atoms with Crippen molar-refractivity contribution < 1.29 is 24.5 Å². The molecule has 2 unspecified atom stereocenters. The Morgan fingerprint density at radius 3 is 2.67 bits per heavy atom. The molecule has 102 valence electrons. The molecule has 0 aromatic carbocycles. The molecule has 1 amide bonds. The van der Waals surface area contributed by atoms with E-state index < -0.39 is 24.2 Å². The standard InChI is InChI=1S/C11H18N2O5/c12-4-7-1-2-9(18-7)10(15)13-5-6(14)3-8(13)11(16)17/h6-9,14H,1-5,12H2,(H,16,17)/t6-,7?,8-,9?/m0/s1. The molecule has 0 spiro atoms. The van der Waals surface area contributed by atoms with Crippen LogP contribution in [0.25, 0.3) is 0 Å².